The molecular weight excluding hydrogens is 248 g/mol. The van der Waals surface area contributed by atoms with Gasteiger partial charge in [-0.1, -0.05) is 29.8 Å². The van der Waals surface area contributed by atoms with E-state index in [4.69, 9.17) is 11.6 Å². The average molecular weight is 257 g/mol. The molecule has 0 spiro atoms. The van der Waals surface area contributed by atoms with Crippen LogP contribution in [0.4, 0.5) is 0 Å². The first-order valence-corrected chi connectivity index (χ1v) is 5.84. The standard InChI is InChI=1S/C14H9ClN2O/c15-12-4-5-16-14-11(12)7-13(17-14)10-3-1-2-9(6-10)8-18/h1-8H,(H,16,17). The van der Waals surface area contributed by atoms with Crippen molar-refractivity contribution in [2.24, 2.45) is 0 Å². The van der Waals surface area contributed by atoms with Gasteiger partial charge in [-0.05, 0) is 23.8 Å². The second kappa shape index (κ2) is 4.27. The number of nitrogens with one attached hydrogen (secondary N) is 1. The van der Waals surface area contributed by atoms with E-state index in [1.165, 1.54) is 0 Å². The lowest BCUT2D eigenvalue weighted by Crippen LogP contribution is -1.82. The van der Waals surface area contributed by atoms with Crippen molar-refractivity contribution >= 4 is 28.9 Å². The average Bonchev–Trinajstić information content (AvgIpc) is 2.84. The lowest BCUT2D eigenvalue weighted by Gasteiger charge is -1.97. The molecule has 0 aliphatic rings. The largest absolute Gasteiger partial charge is 0.339 e. The molecule has 2 heterocycles. The molecule has 4 heteroatoms. The molecule has 18 heavy (non-hydrogen) atoms. The van der Waals surface area contributed by atoms with Crippen LogP contribution in [0.1, 0.15) is 10.4 Å². The summed E-state index contributed by atoms with van der Waals surface area (Å²) in [6, 6.07) is 11.1. The molecule has 0 saturated heterocycles. The van der Waals surface area contributed by atoms with E-state index in [1.807, 2.05) is 24.3 Å². The number of pyridine rings is 1. The number of H-pyrrole nitrogens is 1. The lowest BCUT2D eigenvalue weighted by atomic mass is 10.1. The highest BCUT2D eigenvalue weighted by Gasteiger charge is 2.07. The zero-order chi connectivity index (χ0) is 12.5. The smallest absolute Gasteiger partial charge is 0.150 e. The van der Waals surface area contributed by atoms with Crippen molar-refractivity contribution in [3.8, 4) is 11.3 Å². The minimum atomic E-state index is 0.644. The molecule has 0 amide bonds. The molecule has 0 atom stereocenters. The van der Waals surface area contributed by atoms with E-state index in [0.29, 0.717) is 10.6 Å². The maximum absolute atomic E-state index is 10.8. The van der Waals surface area contributed by atoms with E-state index < -0.39 is 0 Å². The summed E-state index contributed by atoms with van der Waals surface area (Å²) in [5, 5.41) is 1.54. The Balaban J connectivity index is 2.19. The van der Waals surface area contributed by atoms with Crippen molar-refractivity contribution in [1.82, 2.24) is 9.97 Å². The summed E-state index contributed by atoms with van der Waals surface area (Å²) in [6.07, 6.45) is 2.49. The summed E-state index contributed by atoms with van der Waals surface area (Å²) in [4.78, 5) is 18.2. The van der Waals surface area contributed by atoms with E-state index in [1.54, 1.807) is 18.3 Å². The molecule has 0 unspecified atom stereocenters. The first kappa shape index (κ1) is 11.0. The summed E-state index contributed by atoms with van der Waals surface area (Å²) in [6.45, 7) is 0. The molecule has 1 N–H and O–H groups in total. The Morgan fingerprint density at radius 3 is 2.89 bits per heavy atom. The molecule has 3 nitrogen and oxygen atoms in total. The summed E-state index contributed by atoms with van der Waals surface area (Å²) < 4.78 is 0. The van der Waals surface area contributed by atoms with Crippen molar-refractivity contribution in [1.29, 1.82) is 0 Å². The minimum Gasteiger partial charge on any atom is -0.339 e. The molecule has 88 valence electrons. The zero-order valence-corrected chi connectivity index (χ0v) is 10.1. The fourth-order valence-corrected chi connectivity index (χ4v) is 2.13. The van der Waals surface area contributed by atoms with Gasteiger partial charge in [0.25, 0.3) is 0 Å². The Labute approximate surface area is 108 Å². The third-order valence-electron chi connectivity index (χ3n) is 2.81. The summed E-state index contributed by atoms with van der Waals surface area (Å²) in [5.41, 5.74) is 3.22. The number of nitrogens with zero attached hydrogens (tertiary/aromatic N) is 1. The third kappa shape index (κ3) is 1.79. The summed E-state index contributed by atoms with van der Waals surface area (Å²) in [5.74, 6) is 0. The van der Waals surface area contributed by atoms with Gasteiger partial charge in [0.05, 0.1) is 5.02 Å². The number of halogens is 1. The van der Waals surface area contributed by atoms with Crippen LogP contribution in [0.5, 0.6) is 0 Å². The number of carbonyl (C=O) groups excluding carboxylic acids is 1. The molecule has 0 fully saturated rings. The molecule has 0 aliphatic carbocycles. The second-order valence-electron chi connectivity index (χ2n) is 3.98. The van der Waals surface area contributed by atoms with Crippen LogP contribution in [-0.4, -0.2) is 16.3 Å². The monoisotopic (exact) mass is 256 g/mol. The third-order valence-corrected chi connectivity index (χ3v) is 3.14. The highest BCUT2D eigenvalue weighted by Crippen LogP contribution is 2.27. The first-order chi connectivity index (χ1) is 8.78. The molecule has 1 aromatic carbocycles. The SMILES string of the molecule is O=Cc1cccc(-c2cc3c(Cl)ccnc3[nH]2)c1. The fraction of sp³-hybridized carbons (Fsp3) is 0. The molecule has 0 saturated carbocycles. The van der Waals surface area contributed by atoms with Crippen LogP contribution in [-0.2, 0) is 0 Å². The number of rotatable bonds is 2. The molecule has 3 rings (SSSR count). The van der Waals surface area contributed by atoms with Crippen LogP contribution in [0, 0.1) is 0 Å². The Bertz CT molecular complexity index is 733. The fourth-order valence-electron chi connectivity index (χ4n) is 1.93. The summed E-state index contributed by atoms with van der Waals surface area (Å²) in [7, 11) is 0. The van der Waals surface area contributed by atoms with Gasteiger partial charge in [0.1, 0.15) is 11.9 Å². The highest BCUT2D eigenvalue weighted by molar-refractivity contribution is 6.35. The van der Waals surface area contributed by atoms with E-state index in [-0.39, 0.29) is 0 Å². The van der Waals surface area contributed by atoms with Crippen LogP contribution < -0.4 is 0 Å². The van der Waals surface area contributed by atoms with Gasteiger partial charge in [-0.3, -0.25) is 4.79 Å². The lowest BCUT2D eigenvalue weighted by molar-refractivity contribution is 0.112. The van der Waals surface area contributed by atoms with E-state index in [9.17, 15) is 4.79 Å². The minimum absolute atomic E-state index is 0.644. The molecule has 3 aromatic rings. The van der Waals surface area contributed by atoms with Gasteiger partial charge in [0.15, 0.2) is 0 Å². The summed E-state index contributed by atoms with van der Waals surface area (Å²) >= 11 is 6.10. The van der Waals surface area contributed by atoms with Crippen molar-refractivity contribution in [3.05, 3.63) is 53.2 Å². The molecule has 0 radical (unpaired) electrons. The zero-order valence-electron chi connectivity index (χ0n) is 9.35. The number of aromatic nitrogens is 2. The first-order valence-electron chi connectivity index (χ1n) is 5.47. The molecular formula is C14H9ClN2O. The normalized spacial score (nSPS) is 10.7. The number of hydrogen-bond donors (Lipinski definition) is 1. The van der Waals surface area contributed by atoms with Crippen molar-refractivity contribution in [2.45, 2.75) is 0 Å². The molecule has 0 aliphatic heterocycles. The van der Waals surface area contributed by atoms with Gasteiger partial charge in [-0.2, -0.15) is 0 Å². The van der Waals surface area contributed by atoms with Gasteiger partial charge >= 0.3 is 0 Å². The van der Waals surface area contributed by atoms with E-state index in [0.717, 1.165) is 28.6 Å². The number of fused-ring (bicyclic) bond motifs is 1. The number of carbonyl (C=O) groups is 1. The van der Waals surface area contributed by atoms with Crippen LogP contribution in [0.3, 0.4) is 0 Å². The molecule has 2 aromatic heterocycles. The Morgan fingerprint density at radius 2 is 2.11 bits per heavy atom. The number of aromatic amines is 1. The van der Waals surface area contributed by atoms with Crippen LogP contribution in [0.2, 0.25) is 5.02 Å². The Hall–Kier alpha value is -2.13. The Morgan fingerprint density at radius 1 is 1.22 bits per heavy atom. The van der Waals surface area contributed by atoms with Crippen LogP contribution in [0.15, 0.2) is 42.6 Å². The quantitative estimate of drug-likeness (QED) is 0.711. The highest BCUT2D eigenvalue weighted by atomic mass is 35.5. The predicted molar refractivity (Wildman–Crippen MR) is 71.9 cm³/mol. The van der Waals surface area contributed by atoms with Crippen molar-refractivity contribution < 1.29 is 4.79 Å². The van der Waals surface area contributed by atoms with E-state index >= 15 is 0 Å². The number of benzene rings is 1. The van der Waals surface area contributed by atoms with Crippen molar-refractivity contribution in [3.63, 3.8) is 0 Å². The molecule has 0 bridgehead atoms. The van der Waals surface area contributed by atoms with Crippen LogP contribution in [0.25, 0.3) is 22.3 Å². The van der Waals surface area contributed by atoms with E-state index in [2.05, 4.69) is 9.97 Å². The predicted octanol–water partition coefficient (Wildman–Crippen LogP) is 3.70. The van der Waals surface area contributed by atoms with Crippen molar-refractivity contribution in [2.75, 3.05) is 0 Å². The topological polar surface area (TPSA) is 45.8 Å². The van der Waals surface area contributed by atoms with Gasteiger partial charge in [-0.15, -0.1) is 0 Å². The maximum Gasteiger partial charge on any atom is 0.150 e. The van der Waals surface area contributed by atoms with Crippen LogP contribution >= 0.6 is 11.6 Å². The van der Waals surface area contributed by atoms with Gasteiger partial charge in [0, 0.05) is 22.8 Å². The number of hydrogen-bond acceptors (Lipinski definition) is 2. The number of aldehydes is 1. The Kier molecular flexibility index (Phi) is 2.61. The van der Waals surface area contributed by atoms with Gasteiger partial charge in [0.2, 0.25) is 0 Å². The maximum atomic E-state index is 10.8. The van der Waals surface area contributed by atoms with Gasteiger partial charge < -0.3 is 4.98 Å². The second-order valence-corrected chi connectivity index (χ2v) is 4.39. The van der Waals surface area contributed by atoms with Gasteiger partial charge in [-0.25, -0.2) is 4.98 Å².